The molecular formula is C17H18N3O7+. The number of ketones is 1. The molecule has 0 bridgehead atoms. The Bertz CT molecular complexity index is 784. The van der Waals surface area contributed by atoms with E-state index in [0.717, 1.165) is 11.1 Å². The second kappa shape index (κ2) is 9.25. The van der Waals surface area contributed by atoms with Crippen molar-refractivity contribution in [1.82, 2.24) is 4.90 Å². The second-order valence-electron chi connectivity index (χ2n) is 5.63. The van der Waals surface area contributed by atoms with Gasteiger partial charge in [0.25, 0.3) is 0 Å². The van der Waals surface area contributed by atoms with E-state index >= 15 is 0 Å². The van der Waals surface area contributed by atoms with E-state index in [4.69, 9.17) is 19.7 Å². The fraction of sp³-hybridized carbons (Fsp3) is 0.353. The fourth-order valence-electron chi connectivity index (χ4n) is 2.36. The van der Waals surface area contributed by atoms with Crippen LogP contribution in [0.1, 0.15) is 25.3 Å². The molecule has 10 nitrogen and oxygen atoms in total. The van der Waals surface area contributed by atoms with Crippen molar-refractivity contribution in [1.29, 1.82) is 5.53 Å². The van der Waals surface area contributed by atoms with Crippen molar-refractivity contribution < 1.29 is 38.2 Å². The van der Waals surface area contributed by atoms with Crippen LogP contribution in [0.2, 0.25) is 0 Å². The van der Waals surface area contributed by atoms with Crippen molar-refractivity contribution in [2.75, 3.05) is 6.73 Å². The van der Waals surface area contributed by atoms with Crippen LogP contribution in [0.25, 0.3) is 0 Å². The molecule has 2 rings (SSSR count). The van der Waals surface area contributed by atoms with E-state index in [1.54, 1.807) is 24.3 Å². The number of hydrogen-bond acceptors (Lipinski definition) is 8. The molecule has 1 saturated heterocycles. The first-order valence-electron chi connectivity index (χ1n) is 8.00. The Morgan fingerprint density at radius 3 is 2.67 bits per heavy atom. The van der Waals surface area contributed by atoms with E-state index in [1.165, 1.54) is 6.92 Å². The van der Waals surface area contributed by atoms with Gasteiger partial charge in [-0.1, -0.05) is 12.1 Å². The van der Waals surface area contributed by atoms with E-state index in [1.807, 2.05) is 0 Å². The molecule has 0 aliphatic carbocycles. The van der Waals surface area contributed by atoms with Crippen LogP contribution < -0.4 is 4.74 Å². The average molecular weight is 376 g/mol. The van der Waals surface area contributed by atoms with Crippen molar-refractivity contribution in [2.45, 2.75) is 32.4 Å². The van der Waals surface area contributed by atoms with Gasteiger partial charge in [0.1, 0.15) is 18.4 Å². The second-order valence-corrected chi connectivity index (χ2v) is 5.63. The number of esters is 2. The van der Waals surface area contributed by atoms with Gasteiger partial charge >= 0.3 is 24.2 Å². The van der Waals surface area contributed by atoms with E-state index in [-0.39, 0.29) is 26.2 Å². The van der Waals surface area contributed by atoms with Gasteiger partial charge < -0.3 is 14.2 Å². The highest BCUT2D eigenvalue weighted by atomic mass is 16.6. The fourth-order valence-corrected chi connectivity index (χ4v) is 2.36. The minimum atomic E-state index is -0.924. The summed E-state index contributed by atoms with van der Waals surface area (Å²) in [5, 5.41) is 0. The number of rotatable bonds is 7. The van der Waals surface area contributed by atoms with Crippen LogP contribution in [0.3, 0.4) is 0 Å². The third-order valence-electron chi connectivity index (χ3n) is 3.65. The molecule has 1 aromatic rings. The first-order chi connectivity index (χ1) is 12.9. The number of Topliss-reactive ketones (excluding diaryl/α,β-unsaturated/α-hetero) is 1. The first-order valence-corrected chi connectivity index (χ1v) is 8.00. The Labute approximate surface area is 154 Å². The summed E-state index contributed by atoms with van der Waals surface area (Å²) in [6.07, 6.45) is 0.0819. The van der Waals surface area contributed by atoms with Gasteiger partial charge in [-0.2, -0.15) is 0 Å². The summed E-state index contributed by atoms with van der Waals surface area (Å²) in [7, 11) is 0. The summed E-state index contributed by atoms with van der Waals surface area (Å²) >= 11 is 0. The molecule has 1 atom stereocenters. The van der Waals surface area contributed by atoms with Gasteiger partial charge in [-0.3, -0.25) is 14.5 Å². The van der Waals surface area contributed by atoms with Crippen LogP contribution in [0, 0.1) is 5.53 Å². The van der Waals surface area contributed by atoms with Gasteiger partial charge in [0, 0.05) is 13.3 Å². The van der Waals surface area contributed by atoms with Gasteiger partial charge in [-0.25, -0.2) is 9.59 Å². The largest absolute Gasteiger partial charge is 0.444 e. The molecule has 1 heterocycles. The Morgan fingerprint density at radius 1 is 1.33 bits per heavy atom. The van der Waals surface area contributed by atoms with Gasteiger partial charge in [0.05, 0.1) is 10.3 Å². The normalized spacial score (nSPS) is 15.5. The monoisotopic (exact) mass is 376 g/mol. The number of ether oxygens (including phenoxy) is 3. The SMILES string of the molecule is CC(=O)Oc1ccc(COC(=O)N2COC(=O)[C@@H]2CCC(=O)C=[N+]=N)cc1. The summed E-state index contributed by atoms with van der Waals surface area (Å²) in [5.74, 6) is -1.11. The molecule has 27 heavy (non-hydrogen) atoms. The summed E-state index contributed by atoms with van der Waals surface area (Å²) in [6, 6.07) is 5.47. The number of benzene rings is 1. The van der Waals surface area contributed by atoms with Crippen LogP contribution in [0.15, 0.2) is 24.3 Å². The van der Waals surface area contributed by atoms with Gasteiger partial charge in [-0.05, 0) is 24.1 Å². The maximum absolute atomic E-state index is 12.2. The molecule has 142 valence electrons. The third-order valence-corrected chi connectivity index (χ3v) is 3.65. The van der Waals surface area contributed by atoms with E-state index in [0.29, 0.717) is 11.3 Å². The summed E-state index contributed by atoms with van der Waals surface area (Å²) < 4.78 is 14.9. The molecule has 0 saturated carbocycles. The van der Waals surface area contributed by atoms with Crippen LogP contribution in [0.5, 0.6) is 5.75 Å². The van der Waals surface area contributed by atoms with E-state index < -0.39 is 29.9 Å². The van der Waals surface area contributed by atoms with Crippen molar-refractivity contribution in [3.05, 3.63) is 29.8 Å². The van der Waals surface area contributed by atoms with E-state index in [9.17, 15) is 19.2 Å². The van der Waals surface area contributed by atoms with Crippen molar-refractivity contribution in [3.8, 4) is 5.75 Å². The minimum Gasteiger partial charge on any atom is -0.444 e. The minimum absolute atomic E-state index is 0.0515. The summed E-state index contributed by atoms with van der Waals surface area (Å²) in [4.78, 5) is 50.2. The van der Waals surface area contributed by atoms with Crippen LogP contribution >= 0.6 is 0 Å². The molecular weight excluding hydrogens is 358 g/mol. The molecule has 0 spiro atoms. The van der Waals surface area contributed by atoms with Crippen molar-refractivity contribution in [2.24, 2.45) is 0 Å². The molecule has 10 heteroatoms. The van der Waals surface area contributed by atoms with Gasteiger partial charge in [0.2, 0.25) is 5.78 Å². The molecule has 0 radical (unpaired) electrons. The lowest BCUT2D eigenvalue weighted by atomic mass is 10.1. The maximum Gasteiger partial charge on any atom is 0.413 e. The lowest BCUT2D eigenvalue weighted by Gasteiger charge is -2.19. The zero-order valence-electron chi connectivity index (χ0n) is 14.5. The zero-order chi connectivity index (χ0) is 19.8. The highest BCUT2D eigenvalue weighted by Crippen LogP contribution is 2.19. The molecule has 1 aliphatic rings. The number of nitrogens with one attached hydrogen (secondary N) is 1. The van der Waals surface area contributed by atoms with Crippen LogP contribution in [-0.2, 0) is 30.5 Å². The Kier molecular flexibility index (Phi) is 6.79. The van der Waals surface area contributed by atoms with Crippen LogP contribution in [0.4, 0.5) is 4.79 Å². The number of carbonyl (C=O) groups excluding carboxylic acids is 4. The Morgan fingerprint density at radius 2 is 2.04 bits per heavy atom. The number of hydrogen-bond donors (Lipinski definition) is 1. The maximum atomic E-state index is 12.2. The van der Waals surface area contributed by atoms with Crippen molar-refractivity contribution in [3.63, 3.8) is 0 Å². The quantitative estimate of drug-likeness (QED) is 0.247. The molecule has 1 fully saturated rings. The topological polar surface area (TPSA) is 137 Å². The summed E-state index contributed by atoms with van der Waals surface area (Å²) in [5.41, 5.74) is 7.26. The Balaban J connectivity index is 1.89. The predicted molar refractivity (Wildman–Crippen MR) is 87.8 cm³/mol. The molecule has 1 aromatic carbocycles. The predicted octanol–water partition coefficient (Wildman–Crippen LogP) is 1.09. The summed E-state index contributed by atoms with van der Waals surface area (Å²) in [6.45, 7) is 0.980. The molecule has 0 unspecified atom stereocenters. The third kappa shape index (κ3) is 5.75. The van der Waals surface area contributed by atoms with Gasteiger partial charge in [0.15, 0.2) is 6.73 Å². The average Bonchev–Trinajstić information content (AvgIpc) is 2.99. The highest BCUT2D eigenvalue weighted by Gasteiger charge is 2.38. The molecule has 1 amide bonds. The zero-order valence-corrected chi connectivity index (χ0v) is 14.5. The number of nitrogens with zero attached hydrogens (tertiary/aromatic N) is 2. The van der Waals surface area contributed by atoms with Crippen molar-refractivity contribution >= 4 is 30.0 Å². The standard InChI is InChI=1S/C17H18N3O7/c1-11(21)27-14-5-2-12(3-6-14)9-25-17(24)20-10-26-16(23)15(20)7-4-13(22)8-19-18/h2-3,5-6,8,15,18H,4,7,9-10H2,1H3/q+1/t15-/m0/s1. The number of amides is 1. The Hall–Kier alpha value is -3.52. The lowest BCUT2D eigenvalue weighted by molar-refractivity contribution is -0.139. The molecule has 0 aromatic heterocycles. The molecule has 1 aliphatic heterocycles. The lowest BCUT2D eigenvalue weighted by Crippen LogP contribution is -2.38. The smallest absolute Gasteiger partial charge is 0.413 e. The highest BCUT2D eigenvalue weighted by molar-refractivity contribution is 6.25. The molecule has 1 N–H and O–H groups in total. The number of cyclic esters (lactones) is 1. The van der Waals surface area contributed by atoms with E-state index in [2.05, 4.69) is 4.79 Å². The van der Waals surface area contributed by atoms with Crippen LogP contribution in [-0.4, -0.2) is 52.5 Å². The first kappa shape index (κ1) is 19.8. The number of carbonyl (C=O) groups is 4. The van der Waals surface area contributed by atoms with Gasteiger partial charge in [-0.15, -0.1) is 0 Å².